The summed E-state index contributed by atoms with van der Waals surface area (Å²) in [5.41, 5.74) is 0. The molecule has 0 N–H and O–H groups in total. The summed E-state index contributed by atoms with van der Waals surface area (Å²) in [5.74, 6) is 0.0190. The van der Waals surface area contributed by atoms with Crippen LogP contribution in [0.5, 0.6) is 5.75 Å². The Morgan fingerprint density at radius 1 is 1.04 bits per heavy atom. The van der Waals surface area contributed by atoms with Gasteiger partial charge in [-0.15, -0.1) is 0 Å². The van der Waals surface area contributed by atoms with Crippen LogP contribution in [-0.2, 0) is 10.0 Å². The minimum atomic E-state index is -3.07. The fraction of sp³-hybridized carbons (Fsp3) is 0.647. The molecule has 134 valence electrons. The first-order valence-corrected chi connectivity index (χ1v) is 10.4. The quantitative estimate of drug-likeness (QED) is 0.829. The van der Waals surface area contributed by atoms with E-state index in [1.54, 1.807) is 22.5 Å². The number of para-hydroxylation sites is 1. The zero-order valence-electron chi connectivity index (χ0n) is 14.0. The van der Waals surface area contributed by atoms with Crippen LogP contribution >= 0.6 is 0 Å². The van der Waals surface area contributed by atoms with E-state index < -0.39 is 10.0 Å². The van der Waals surface area contributed by atoms with Crippen LogP contribution in [0, 0.1) is 5.82 Å². The lowest BCUT2D eigenvalue weighted by Gasteiger charge is -2.41. The van der Waals surface area contributed by atoms with Gasteiger partial charge >= 0.3 is 0 Å². The van der Waals surface area contributed by atoms with Crippen molar-refractivity contribution in [3.8, 4) is 5.75 Å². The second-order valence-electron chi connectivity index (χ2n) is 6.68. The predicted octanol–water partition coefficient (Wildman–Crippen LogP) is 2.09. The summed E-state index contributed by atoms with van der Waals surface area (Å²) in [6.45, 7) is 3.05. The third kappa shape index (κ3) is 4.26. The van der Waals surface area contributed by atoms with Crippen molar-refractivity contribution in [1.29, 1.82) is 0 Å². The van der Waals surface area contributed by atoms with Gasteiger partial charge in [0.1, 0.15) is 6.10 Å². The molecule has 2 heterocycles. The molecule has 5 nitrogen and oxygen atoms in total. The van der Waals surface area contributed by atoms with Gasteiger partial charge in [0.05, 0.1) is 6.26 Å². The van der Waals surface area contributed by atoms with Gasteiger partial charge in [-0.1, -0.05) is 12.1 Å². The van der Waals surface area contributed by atoms with E-state index in [1.165, 1.54) is 12.3 Å². The largest absolute Gasteiger partial charge is 0.487 e. The van der Waals surface area contributed by atoms with Crippen LogP contribution in [0.4, 0.5) is 4.39 Å². The summed E-state index contributed by atoms with van der Waals surface area (Å²) in [5, 5.41) is 0. The average Bonchev–Trinajstić information content (AvgIpc) is 2.57. The molecule has 0 spiro atoms. The van der Waals surface area contributed by atoms with Crippen LogP contribution in [0.3, 0.4) is 0 Å². The number of nitrogens with zero attached hydrogens (tertiary/aromatic N) is 2. The van der Waals surface area contributed by atoms with Gasteiger partial charge in [-0.3, -0.25) is 0 Å². The maximum Gasteiger partial charge on any atom is 0.211 e. The van der Waals surface area contributed by atoms with Crippen molar-refractivity contribution in [2.24, 2.45) is 0 Å². The number of piperidine rings is 2. The molecule has 1 aromatic carbocycles. The second kappa shape index (κ2) is 7.37. The van der Waals surface area contributed by atoms with Gasteiger partial charge in [0.15, 0.2) is 11.6 Å². The van der Waals surface area contributed by atoms with Crippen LogP contribution in [-0.4, -0.2) is 62.2 Å². The van der Waals surface area contributed by atoms with Gasteiger partial charge in [0.25, 0.3) is 0 Å². The number of rotatable bonds is 4. The van der Waals surface area contributed by atoms with E-state index in [-0.39, 0.29) is 11.9 Å². The number of hydrogen-bond acceptors (Lipinski definition) is 4. The molecule has 24 heavy (non-hydrogen) atoms. The molecule has 0 aromatic heterocycles. The van der Waals surface area contributed by atoms with Crippen molar-refractivity contribution in [3.05, 3.63) is 30.1 Å². The molecule has 1 aromatic rings. The molecule has 2 fully saturated rings. The zero-order valence-corrected chi connectivity index (χ0v) is 14.8. The number of benzene rings is 1. The Hall–Kier alpha value is -1.18. The van der Waals surface area contributed by atoms with Gasteiger partial charge in [0.2, 0.25) is 10.0 Å². The molecule has 0 aliphatic carbocycles. The van der Waals surface area contributed by atoms with Gasteiger partial charge in [0, 0.05) is 32.2 Å². The zero-order chi connectivity index (χ0) is 17.2. The summed E-state index contributed by atoms with van der Waals surface area (Å²) >= 11 is 0. The summed E-state index contributed by atoms with van der Waals surface area (Å²) < 4.78 is 44.2. The summed E-state index contributed by atoms with van der Waals surface area (Å²) in [7, 11) is -3.07. The van der Waals surface area contributed by atoms with Crippen molar-refractivity contribution in [1.82, 2.24) is 9.21 Å². The topological polar surface area (TPSA) is 49.9 Å². The molecule has 7 heteroatoms. The van der Waals surface area contributed by atoms with E-state index in [1.807, 2.05) is 0 Å². The third-order valence-corrected chi connectivity index (χ3v) is 6.32. The highest BCUT2D eigenvalue weighted by Crippen LogP contribution is 2.25. The van der Waals surface area contributed by atoms with Crippen LogP contribution < -0.4 is 4.74 Å². The highest BCUT2D eigenvalue weighted by molar-refractivity contribution is 7.88. The number of hydrogen-bond donors (Lipinski definition) is 0. The molecule has 0 bridgehead atoms. The molecule has 0 unspecified atom stereocenters. The highest BCUT2D eigenvalue weighted by atomic mass is 32.2. The van der Waals surface area contributed by atoms with Crippen molar-refractivity contribution in [3.63, 3.8) is 0 Å². The van der Waals surface area contributed by atoms with E-state index in [0.717, 1.165) is 38.8 Å². The maximum atomic E-state index is 13.7. The summed E-state index contributed by atoms with van der Waals surface area (Å²) in [6.07, 6.45) is 4.84. The van der Waals surface area contributed by atoms with Crippen molar-refractivity contribution >= 4 is 10.0 Å². The van der Waals surface area contributed by atoms with E-state index in [0.29, 0.717) is 24.9 Å². The molecule has 2 saturated heterocycles. The lowest BCUT2D eigenvalue weighted by Crippen LogP contribution is -2.49. The van der Waals surface area contributed by atoms with Crippen molar-refractivity contribution in [2.75, 3.05) is 32.4 Å². The Bertz CT molecular complexity index is 652. The fourth-order valence-electron chi connectivity index (χ4n) is 3.62. The Labute approximate surface area is 143 Å². The first-order chi connectivity index (χ1) is 11.4. The summed E-state index contributed by atoms with van der Waals surface area (Å²) in [4.78, 5) is 2.43. The van der Waals surface area contributed by atoms with Crippen molar-refractivity contribution < 1.29 is 17.5 Å². The smallest absolute Gasteiger partial charge is 0.211 e. The molecule has 2 aliphatic rings. The number of ether oxygens (including phenoxy) is 1. The van der Waals surface area contributed by atoms with E-state index in [9.17, 15) is 12.8 Å². The first kappa shape index (κ1) is 17.6. The molecule has 0 amide bonds. The molecular weight excluding hydrogens is 331 g/mol. The molecule has 2 aliphatic heterocycles. The Morgan fingerprint density at radius 2 is 1.67 bits per heavy atom. The van der Waals surface area contributed by atoms with Gasteiger partial charge < -0.3 is 9.64 Å². The fourth-order valence-corrected chi connectivity index (χ4v) is 4.49. The number of likely N-dealkylation sites (tertiary alicyclic amines) is 1. The first-order valence-electron chi connectivity index (χ1n) is 8.54. The average molecular weight is 356 g/mol. The van der Waals surface area contributed by atoms with E-state index in [2.05, 4.69) is 4.90 Å². The molecular formula is C17H25FN2O3S. The lowest BCUT2D eigenvalue weighted by molar-refractivity contribution is 0.0568. The normalized spacial score (nSPS) is 22.6. The van der Waals surface area contributed by atoms with Crippen LogP contribution in [0.15, 0.2) is 24.3 Å². The molecule has 0 saturated carbocycles. The SMILES string of the molecule is CS(=O)(=O)N1CCC(N2CCC(Oc3ccccc3F)CC2)CC1. The third-order valence-electron chi connectivity index (χ3n) is 5.02. The van der Waals surface area contributed by atoms with Gasteiger partial charge in [-0.2, -0.15) is 0 Å². The van der Waals surface area contributed by atoms with Crippen LogP contribution in [0.2, 0.25) is 0 Å². The highest BCUT2D eigenvalue weighted by Gasteiger charge is 2.31. The molecule has 0 atom stereocenters. The number of sulfonamides is 1. The van der Waals surface area contributed by atoms with Crippen LogP contribution in [0.25, 0.3) is 0 Å². The second-order valence-corrected chi connectivity index (χ2v) is 8.66. The lowest BCUT2D eigenvalue weighted by atomic mass is 10.00. The number of halogens is 1. The minimum absolute atomic E-state index is 0.0502. The van der Waals surface area contributed by atoms with Crippen molar-refractivity contribution in [2.45, 2.75) is 37.8 Å². The standard InChI is InChI=1S/C17H25FN2O3S/c1-24(21,22)20-12-6-14(7-13-20)19-10-8-15(9-11-19)23-17-5-3-2-4-16(17)18/h2-5,14-15H,6-13H2,1H3. The monoisotopic (exact) mass is 356 g/mol. The Balaban J connectivity index is 1.47. The van der Waals surface area contributed by atoms with E-state index in [4.69, 9.17) is 4.74 Å². The molecule has 3 rings (SSSR count). The maximum absolute atomic E-state index is 13.7. The summed E-state index contributed by atoms with van der Waals surface area (Å²) in [6, 6.07) is 6.97. The van der Waals surface area contributed by atoms with Gasteiger partial charge in [-0.05, 0) is 37.8 Å². The molecule has 0 radical (unpaired) electrons. The minimum Gasteiger partial charge on any atom is -0.487 e. The Morgan fingerprint density at radius 3 is 2.25 bits per heavy atom. The Kier molecular flexibility index (Phi) is 5.42. The van der Waals surface area contributed by atoms with E-state index >= 15 is 0 Å². The predicted molar refractivity (Wildman–Crippen MR) is 91.1 cm³/mol. The van der Waals surface area contributed by atoms with Crippen LogP contribution in [0.1, 0.15) is 25.7 Å². The van der Waals surface area contributed by atoms with Gasteiger partial charge in [-0.25, -0.2) is 17.1 Å².